The Kier molecular flexibility index (Phi) is 6.37. The summed E-state index contributed by atoms with van der Waals surface area (Å²) in [5.74, 6) is -0.267. The van der Waals surface area contributed by atoms with E-state index in [1.165, 1.54) is 16.9 Å². The van der Waals surface area contributed by atoms with Crippen LogP contribution in [0, 0.1) is 5.82 Å². The average molecular weight is 436 g/mol. The van der Waals surface area contributed by atoms with Crippen LogP contribution in [0.3, 0.4) is 0 Å². The molecule has 9 nitrogen and oxygen atoms in total. The standard InChI is InChI=1S/C19H22FN7O2.ClH/c1-4-29-18-14(7-22-19(24-18)27-9-13(10-27)21-2)17(28)23-12-5-11-8-26(3)25-16(11)15(20)6-12;/h5-8,13,21H,4,9-10H2,1-3H3,(H,23,28);1H. The molecule has 2 aromatic heterocycles. The van der Waals surface area contributed by atoms with Crippen LogP contribution in [-0.4, -0.2) is 58.4 Å². The van der Waals surface area contributed by atoms with Crippen LogP contribution in [0.4, 0.5) is 16.0 Å². The second-order valence-corrected chi connectivity index (χ2v) is 6.87. The van der Waals surface area contributed by atoms with Crippen LogP contribution in [0.5, 0.6) is 5.88 Å². The Labute approximate surface area is 179 Å². The van der Waals surface area contributed by atoms with Crippen molar-refractivity contribution in [2.24, 2.45) is 7.05 Å². The van der Waals surface area contributed by atoms with Gasteiger partial charge < -0.3 is 20.3 Å². The largest absolute Gasteiger partial charge is 0.477 e. The van der Waals surface area contributed by atoms with Gasteiger partial charge in [-0.1, -0.05) is 0 Å². The number of anilines is 2. The topological polar surface area (TPSA) is 97.2 Å². The average Bonchev–Trinajstić information content (AvgIpc) is 3.02. The van der Waals surface area contributed by atoms with Gasteiger partial charge in [-0.25, -0.2) is 9.37 Å². The van der Waals surface area contributed by atoms with Gasteiger partial charge in [-0.3, -0.25) is 9.48 Å². The number of aromatic nitrogens is 4. The number of rotatable bonds is 6. The fraction of sp³-hybridized carbons (Fsp3) is 0.368. The van der Waals surface area contributed by atoms with Gasteiger partial charge in [-0.2, -0.15) is 10.1 Å². The Bertz CT molecular complexity index is 1070. The lowest BCUT2D eigenvalue weighted by Gasteiger charge is -2.39. The summed E-state index contributed by atoms with van der Waals surface area (Å²) in [7, 11) is 3.62. The lowest BCUT2D eigenvalue weighted by atomic mass is 10.1. The number of carbonyl (C=O) groups excluding carboxylic acids is 1. The minimum Gasteiger partial charge on any atom is -0.477 e. The quantitative estimate of drug-likeness (QED) is 0.611. The zero-order chi connectivity index (χ0) is 20.5. The second kappa shape index (κ2) is 8.80. The summed E-state index contributed by atoms with van der Waals surface area (Å²) in [6.07, 6.45) is 3.12. The molecule has 0 bridgehead atoms. The fourth-order valence-corrected chi connectivity index (χ4v) is 3.22. The van der Waals surface area contributed by atoms with Crippen molar-refractivity contribution in [3.8, 4) is 5.88 Å². The normalized spacial score (nSPS) is 13.7. The smallest absolute Gasteiger partial charge is 0.262 e. The van der Waals surface area contributed by atoms with Gasteiger partial charge in [-0.15, -0.1) is 12.4 Å². The monoisotopic (exact) mass is 435 g/mol. The summed E-state index contributed by atoms with van der Waals surface area (Å²) >= 11 is 0. The third-order valence-electron chi connectivity index (χ3n) is 4.77. The van der Waals surface area contributed by atoms with Gasteiger partial charge in [0.15, 0.2) is 5.82 Å². The number of hydrogen-bond acceptors (Lipinski definition) is 7. The van der Waals surface area contributed by atoms with E-state index < -0.39 is 11.7 Å². The molecule has 1 saturated heterocycles. The molecule has 1 aliphatic rings. The zero-order valence-electron chi connectivity index (χ0n) is 16.8. The first kappa shape index (κ1) is 21.7. The molecule has 1 fully saturated rings. The van der Waals surface area contributed by atoms with E-state index in [1.807, 2.05) is 18.9 Å². The number of likely N-dealkylation sites (N-methyl/N-ethyl adjacent to an activating group) is 1. The highest BCUT2D eigenvalue weighted by molar-refractivity contribution is 6.06. The lowest BCUT2D eigenvalue weighted by Crippen LogP contribution is -2.57. The number of benzene rings is 1. The molecule has 0 radical (unpaired) electrons. The van der Waals surface area contributed by atoms with Crippen LogP contribution in [0.25, 0.3) is 10.9 Å². The van der Waals surface area contributed by atoms with Crippen LogP contribution in [0.1, 0.15) is 17.3 Å². The van der Waals surface area contributed by atoms with E-state index in [9.17, 15) is 9.18 Å². The summed E-state index contributed by atoms with van der Waals surface area (Å²) in [6.45, 7) is 3.75. The number of fused-ring (bicyclic) bond motifs is 1. The highest BCUT2D eigenvalue weighted by atomic mass is 35.5. The zero-order valence-corrected chi connectivity index (χ0v) is 17.7. The summed E-state index contributed by atoms with van der Waals surface area (Å²) in [4.78, 5) is 23.5. The van der Waals surface area contributed by atoms with E-state index in [0.717, 1.165) is 13.1 Å². The number of aryl methyl sites for hydroxylation is 1. The van der Waals surface area contributed by atoms with Crippen molar-refractivity contribution in [2.45, 2.75) is 13.0 Å². The molecule has 1 aromatic carbocycles. The molecule has 0 atom stereocenters. The summed E-state index contributed by atoms with van der Waals surface area (Å²) in [5.41, 5.74) is 0.759. The number of amides is 1. The van der Waals surface area contributed by atoms with Gasteiger partial charge >= 0.3 is 0 Å². The Morgan fingerprint density at radius 2 is 2.13 bits per heavy atom. The molecule has 0 spiro atoms. The molecule has 3 aromatic rings. The van der Waals surface area contributed by atoms with Gasteiger partial charge in [0.2, 0.25) is 11.8 Å². The van der Waals surface area contributed by atoms with Gasteiger partial charge in [0.25, 0.3) is 5.91 Å². The number of nitrogens with zero attached hydrogens (tertiary/aromatic N) is 5. The molecule has 1 amide bonds. The molecule has 160 valence electrons. The SMILES string of the molecule is CCOc1nc(N2CC(NC)C2)ncc1C(=O)Nc1cc(F)c2nn(C)cc2c1.Cl. The molecule has 11 heteroatoms. The Morgan fingerprint density at radius 3 is 2.83 bits per heavy atom. The van der Waals surface area contributed by atoms with Crippen molar-refractivity contribution in [3.63, 3.8) is 0 Å². The van der Waals surface area contributed by atoms with Crippen LogP contribution in [0.15, 0.2) is 24.5 Å². The van der Waals surface area contributed by atoms with E-state index in [-0.39, 0.29) is 29.4 Å². The molecule has 0 saturated carbocycles. The van der Waals surface area contributed by atoms with Crippen molar-refractivity contribution in [3.05, 3.63) is 35.9 Å². The molecule has 4 rings (SSSR count). The van der Waals surface area contributed by atoms with Gasteiger partial charge in [0.05, 0.1) is 6.61 Å². The first-order valence-corrected chi connectivity index (χ1v) is 9.34. The maximum Gasteiger partial charge on any atom is 0.262 e. The van der Waals surface area contributed by atoms with Crippen molar-refractivity contribution in [2.75, 3.05) is 37.0 Å². The van der Waals surface area contributed by atoms with Gasteiger partial charge in [-0.05, 0) is 26.1 Å². The molecule has 3 heterocycles. The summed E-state index contributed by atoms with van der Waals surface area (Å²) in [5, 5.41) is 10.5. The summed E-state index contributed by atoms with van der Waals surface area (Å²) < 4.78 is 21.4. The molecular formula is C19H23ClFN7O2. The molecule has 0 aliphatic carbocycles. The van der Waals surface area contributed by atoms with Crippen molar-refractivity contribution in [1.82, 2.24) is 25.1 Å². The third-order valence-corrected chi connectivity index (χ3v) is 4.77. The first-order chi connectivity index (χ1) is 14.0. The van der Waals surface area contributed by atoms with E-state index in [2.05, 4.69) is 25.7 Å². The highest BCUT2D eigenvalue weighted by Crippen LogP contribution is 2.25. The Balaban J connectivity index is 0.00000256. The predicted molar refractivity (Wildman–Crippen MR) is 114 cm³/mol. The van der Waals surface area contributed by atoms with Crippen molar-refractivity contribution in [1.29, 1.82) is 0 Å². The third kappa shape index (κ3) is 4.14. The Hall–Kier alpha value is -2.98. The van der Waals surface area contributed by atoms with Gasteiger partial charge in [0, 0.05) is 49.6 Å². The Morgan fingerprint density at radius 1 is 1.37 bits per heavy atom. The lowest BCUT2D eigenvalue weighted by molar-refractivity contribution is 0.102. The van der Waals surface area contributed by atoms with Crippen LogP contribution in [0.2, 0.25) is 0 Å². The van der Waals surface area contributed by atoms with Crippen molar-refractivity contribution < 1.29 is 13.9 Å². The number of carbonyl (C=O) groups is 1. The minimum absolute atomic E-state index is 0. The number of ether oxygens (including phenoxy) is 1. The number of halogens is 2. The van der Waals surface area contributed by atoms with E-state index in [4.69, 9.17) is 4.74 Å². The maximum atomic E-state index is 14.3. The molecule has 30 heavy (non-hydrogen) atoms. The van der Waals surface area contributed by atoms with Crippen LogP contribution >= 0.6 is 12.4 Å². The van der Waals surface area contributed by atoms with Crippen LogP contribution in [-0.2, 0) is 7.05 Å². The van der Waals surface area contributed by atoms with Crippen molar-refractivity contribution >= 4 is 40.9 Å². The predicted octanol–water partition coefficient (Wildman–Crippen LogP) is 1.98. The van der Waals surface area contributed by atoms with Crippen LogP contribution < -0.4 is 20.3 Å². The first-order valence-electron chi connectivity index (χ1n) is 9.34. The highest BCUT2D eigenvalue weighted by Gasteiger charge is 2.28. The van der Waals surface area contributed by atoms with E-state index >= 15 is 0 Å². The molecule has 2 N–H and O–H groups in total. The molecular weight excluding hydrogens is 413 g/mol. The van der Waals surface area contributed by atoms with Gasteiger partial charge in [0.1, 0.15) is 11.1 Å². The maximum absolute atomic E-state index is 14.3. The molecule has 0 unspecified atom stereocenters. The fourth-order valence-electron chi connectivity index (χ4n) is 3.22. The minimum atomic E-state index is -0.507. The second-order valence-electron chi connectivity index (χ2n) is 6.87. The number of nitrogens with one attached hydrogen (secondary N) is 2. The summed E-state index contributed by atoms with van der Waals surface area (Å²) in [6, 6.07) is 3.30. The van der Waals surface area contributed by atoms with E-state index in [1.54, 1.807) is 19.3 Å². The van der Waals surface area contributed by atoms with E-state index in [0.29, 0.717) is 29.7 Å². The number of hydrogen-bond donors (Lipinski definition) is 2. The molecule has 1 aliphatic heterocycles.